The molecule has 25 heavy (non-hydrogen) atoms. The van der Waals surface area contributed by atoms with Crippen LogP contribution in [0, 0.1) is 12.8 Å². The first-order valence-corrected chi connectivity index (χ1v) is 8.23. The summed E-state index contributed by atoms with van der Waals surface area (Å²) < 4.78 is 47.9. The molecule has 0 bridgehead atoms. The Morgan fingerprint density at radius 3 is 2.80 bits per heavy atom. The second-order valence-electron chi connectivity index (χ2n) is 5.81. The maximum Gasteiger partial charge on any atom is 0.434 e. The van der Waals surface area contributed by atoms with E-state index in [9.17, 15) is 18.0 Å². The fourth-order valence-corrected chi connectivity index (χ4v) is 3.39. The molecule has 0 aliphatic carbocycles. The highest BCUT2D eigenvalue weighted by Gasteiger charge is 2.39. The van der Waals surface area contributed by atoms with Crippen molar-refractivity contribution in [3.63, 3.8) is 0 Å². The molecule has 4 rings (SSSR count). The number of ether oxygens (including phenoxy) is 1. The van der Waals surface area contributed by atoms with E-state index in [0.717, 1.165) is 15.9 Å². The molecule has 11 heteroatoms. The number of fused-ring (bicyclic) bond motifs is 1. The molecule has 4 heterocycles. The number of nitrogens with zero attached hydrogens (tertiary/aromatic N) is 5. The fourth-order valence-electron chi connectivity index (χ4n) is 2.65. The zero-order chi connectivity index (χ0) is 17.8. The van der Waals surface area contributed by atoms with Crippen LogP contribution < -0.4 is 5.56 Å². The molecule has 0 amide bonds. The van der Waals surface area contributed by atoms with Crippen molar-refractivity contribution in [3.8, 4) is 11.1 Å². The van der Waals surface area contributed by atoms with Crippen LogP contribution in [0.25, 0.3) is 16.1 Å². The Hall–Kier alpha value is -2.27. The molecule has 1 aliphatic rings. The normalized spacial score (nSPS) is 15.7. The Balaban J connectivity index is 1.87. The Labute approximate surface area is 142 Å². The molecule has 1 saturated heterocycles. The molecule has 1 fully saturated rings. The van der Waals surface area contributed by atoms with Crippen molar-refractivity contribution in [2.24, 2.45) is 5.92 Å². The number of halogens is 3. The smallest absolute Gasteiger partial charge is 0.381 e. The molecule has 0 N–H and O–H groups in total. The standard InChI is InChI=1S/C14H12F3N5O2S/c1-7-20-22-12(23)10(11(14(15,16)17)19-13(22)25-7)9-2-18-21(4-9)3-8-5-24-6-8/h2,4,8H,3,5-6H2,1H3. The maximum absolute atomic E-state index is 13.5. The van der Waals surface area contributed by atoms with E-state index in [1.165, 1.54) is 17.1 Å². The number of hydrogen-bond donors (Lipinski definition) is 0. The third-order valence-corrected chi connectivity index (χ3v) is 4.68. The summed E-state index contributed by atoms with van der Waals surface area (Å²) in [5.41, 5.74) is -2.53. The molecule has 7 nitrogen and oxygen atoms in total. The molecular formula is C14H12F3N5O2S. The largest absolute Gasteiger partial charge is 0.434 e. The predicted molar refractivity (Wildman–Crippen MR) is 82.4 cm³/mol. The minimum absolute atomic E-state index is 0.0742. The highest BCUT2D eigenvalue weighted by molar-refractivity contribution is 7.16. The van der Waals surface area contributed by atoms with Crippen molar-refractivity contribution >= 4 is 16.3 Å². The van der Waals surface area contributed by atoms with Crippen molar-refractivity contribution in [3.05, 3.63) is 33.4 Å². The van der Waals surface area contributed by atoms with Crippen LogP contribution >= 0.6 is 11.3 Å². The van der Waals surface area contributed by atoms with Crippen LogP contribution in [0.15, 0.2) is 17.2 Å². The molecule has 132 valence electrons. The first kappa shape index (κ1) is 16.2. The fraction of sp³-hybridized carbons (Fsp3) is 0.429. The average molecular weight is 371 g/mol. The molecule has 0 atom stereocenters. The van der Waals surface area contributed by atoms with Crippen LogP contribution in [0.1, 0.15) is 10.7 Å². The van der Waals surface area contributed by atoms with Gasteiger partial charge in [0.05, 0.1) is 25.0 Å². The van der Waals surface area contributed by atoms with E-state index in [4.69, 9.17) is 4.74 Å². The van der Waals surface area contributed by atoms with Gasteiger partial charge in [0.15, 0.2) is 5.69 Å². The van der Waals surface area contributed by atoms with Crippen LogP contribution in [-0.4, -0.2) is 37.6 Å². The molecule has 0 unspecified atom stereocenters. The lowest BCUT2D eigenvalue weighted by molar-refractivity contribution is -0.140. The van der Waals surface area contributed by atoms with Crippen LogP contribution in [0.5, 0.6) is 0 Å². The summed E-state index contributed by atoms with van der Waals surface area (Å²) in [5.74, 6) is 0.276. The summed E-state index contributed by atoms with van der Waals surface area (Å²) in [6, 6.07) is 0. The molecule has 3 aromatic rings. The van der Waals surface area contributed by atoms with E-state index < -0.39 is 23.0 Å². The first-order valence-electron chi connectivity index (χ1n) is 7.41. The summed E-state index contributed by atoms with van der Waals surface area (Å²) >= 11 is 0.931. The van der Waals surface area contributed by atoms with Gasteiger partial charge in [0, 0.05) is 24.2 Å². The van der Waals surface area contributed by atoms with Gasteiger partial charge in [0.25, 0.3) is 5.56 Å². The van der Waals surface area contributed by atoms with E-state index in [1.807, 2.05) is 0 Å². The summed E-state index contributed by atoms with van der Waals surface area (Å²) in [5, 5.41) is 8.47. The summed E-state index contributed by atoms with van der Waals surface area (Å²) in [6.07, 6.45) is -2.08. The average Bonchev–Trinajstić information content (AvgIpc) is 3.08. The van der Waals surface area contributed by atoms with Crippen molar-refractivity contribution in [1.29, 1.82) is 0 Å². The van der Waals surface area contributed by atoms with Crippen molar-refractivity contribution in [2.75, 3.05) is 13.2 Å². The number of rotatable bonds is 3. The third-order valence-electron chi connectivity index (χ3n) is 3.85. The lowest BCUT2D eigenvalue weighted by Crippen LogP contribution is -2.31. The summed E-state index contributed by atoms with van der Waals surface area (Å²) in [7, 11) is 0. The van der Waals surface area contributed by atoms with Crippen LogP contribution in [0.4, 0.5) is 13.2 Å². The highest BCUT2D eigenvalue weighted by atomic mass is 32.1. The van der Waals surface area contributed by atoms with Gasteiger partial charge in [-0.2, -0.15) is 27.9 Å². The topological polar surface area (TPSA) is 74.3 Å². The number of aromatic nitrogens is 5. The molecule has 0 aromatic carbocycles. The highest BCUT2D eigenvalue weighted by Crippen LogP contribution is 2.34. The number of hydrogen-bond acceptors (Lipinski definition) is 6. The first-order chi connectivity index (χ1) is 11.8. The van der Waals surface area contributed by atoms with Gasteiger partial charge >= 0.3 is 6.18 Å². The molecule has 0 spiro atoms. The second kappa shape index (κ2) is 5.63. The predicted octanol–water partition coefficient (Wildman–Crippen LogP) is 1.99. The van der Waals surface area contributed by atoms with Gasteiger partial charge in [-0.1, -0.05) is 11.3 Å². The van der Waals surface area contributed by atoms with Gasteiger partial charge in [0.2, 0.25) is 4.96 Å². The molecule has 3 aromatic heterocycles. The lowest BCUT2D eigenvalue weighted by Gasteiger charge is -2.25. The third kappa shape index (κ3) is 2.82. The SMILES string of the molecule is Cc1nn2c(=O)c(-c3cnn(CC4COC4)c3)c(C(F)(F)F)nc2s1. The minimum atomic E-state index is -4.76. The second-order valence-corrected chi connectivity index (χ2v) is 6.97. The van der Waals surface area contributed by atoms with Gasteiger partial charge in [0.1, 0.15) is 5.01 Å². The van der Waals surface area contributed by atoms with E-state index in [1.54, 1.807) is 6.92 Å². The molecule has 1 aliphatic heterocycles. The van der Waals surface area contributed by atoms with Crippen molar-refractivity contribution < 1.29 is 17.9 Å². The number of alkyl halides is 3. The van der Waals surface area contributed by atoms with Crippen molar-refractivity contribution in [1.82, 2.24) is 24.4 Å². The zero-order valence-corrected chi connectivity index (χ0v) is 13.8. The summed E-state index contributed by atoms with van der Waals surface area (Å²) in [4.78, 5) is 16.2. The van der Waals surface area contributed by atoms with Crippen LogP contribution in [0.2, 0.25) is 0 Å². The van der Waals surface area contributed by atoms with Gasteiger partial charge < -0.3 is 4.74 Å². The van der Waals surface area contributed by atoms with E-state index >= 15 is 0 Å². The Morgan fingerprint density at radius 2 is 2.16 bits per heavy atom. The zero-order valence-electron chi connectivity index (χ0n) is 12.9. The lowest BCUT2D eigenvalue weighted by atomic mass is 10.1. The Bertz CT molecular complexity index is 1000. The van der Waals surface area contributed by atoms with E-state index in [2.05, 4.69) is 15.2 Å². The molecular weight excluding hydrogens is 359 g/mol. The van der Waals surface area contributed by atoms with Crippen molar-refractivity contribution in [2.45, 2.75) is 19.6 Å². The Kier molecular flexibility index (Phi) is 3.65. The van der Waals surface area contributed by atoms with E-state index in [0.29, 0.717) is 24.8 Å². The van der Waals surface area contributed by atoms with Gasteiger partial charge in [-0.3, -0.25) is 9.48 Å². The quantitative estimate of drug-likeness (QED) is 0.704. The number of aryl methyl sites for hydroxylation is 1. The van der Waals surface area contributed by atoms with Gasteiger partial charge in [-0.15, -0.1) is 0 Å². The monoisotopic (exact) mass is 371 g/mol. The van der Waals surface area contributed by atoms with Crippen LogP contribution in [0.3, 0.4) is 0 Å². The minimum Gasteiger partial charge on any atom is -0.381 e. The van der Waals surface area contributed by atoms with Gasteiger partial charge in [-0.05, 0) is 6.92 Å². The maximum atomic E-state index is 13.5. The summed E-state index contributed by atoms with van der Waals surface area (Å²) in [6.45, 7) is 3.31. The molecule has 0 radical (unpaired) electrons. The Morgan fingerprint density at radius 1 is 1.40 bits per heavy atom. The molecule has 0 saturated carbocycles. The van der Waals surface area contributed by atoms with E-state index in [-0.39, 0.29) is 16.4 Å². The van der Waals surface area contributed by atoms with Crippen LogP contribution in [-0.2, 0) is 17.5 Å². The van der Waals surface area contributed by atoms with Gasteiger partial charge in [-0.25, -0.2) is 4.98 Å².